The van der Waals surface area contributed by atoms with E-state index in [9.17, 15) is 0 Å². The van der Waals surface area contributed by atoms with Gasteiger partial charge in [-0.15, -0.1) is 0 Å². The maximum Gasteiger partial charge on any atom is 0.0550 e. The van der Waals surface area contributed by atoms with Crippen LogP contribution in [0.15, 0.2) is 29.2 Å². The van der Waals surface area contributed by atoms with Crippen LogP contribution in [0, 0.1) is 0 Å². The summed E-state index contributed by atoms with van der Waals surface area (Å²) in [5, 5.41) is 1.47. The molecule has 0 spiro atoms. The third kappa shape index (κ3) is 3.30. The molecule has 0 aliphatic heterocycles. The second kappa shape index (κ2) is 5.05. The first-order valence-electron chi connectivity index (χ1n) is 3.78. The van der Waals surface area contributed by atoms with E-state index in [1.807, 2.05) is 35.1 Å². The molecule has 0 nitrogen and oxygen atoms in total. The van der Waals surface area contributed by atoms with E-state index in [-0.39, 0.29) is 0 Å². The summed E-state index contributed by atoms with van der Waals surface area (Å²) in [5.74, 6) is 0. The van der Waals surface area contributed by atoms with E-state index >= 15 is 0 Å². The lowest BCUT2D eigenvalue weighted by atomic mass is 10.4. The van der Waals surface area contributed by atoms with Crippen molar-refractivity contribution >= 4 is 33.2 Å². The number of rotatable bonds is 3. The van der Waals surface area contributed by atoms with Crippen LogP contribution in [0.25, 0.3) is 0 Å². The molecule has 0 bridgehead atoms. The fraction of sp³-hybridized carbons (Fsp3) is 0.333. The first kappa shape index (κ1) is 10.3. The second-order valence-corrected chi connectivity index (χ2v) is 5.89. The normalized spacial score (nSPS) is 10.7. The van der Waals surface area contributed by atoms with Crippen LogP contribution >= 0.6 is 33.2 Å². The monoisotopic (exact) mass is 218 g/mol. The molecular formula is C9H11ClS2. The maximum absolute atomic E-state index is 5.97. The predicted molar refractivity (Wildman–Crippen MR) is 60.0 cm³/mol. The molecule has 0 aliphatic carbocycles. The Kier molecular flexibility index (Phi) is 4.33. The summed E-state index contributed by atoms with van der Waals surface area (Å²) < 4.78 is 0. The smallest absolute Gasteiger partial charge is 0.0550 e. The zero-order chi connectivity index (χ0) is 8.97. The van der Waals surface area contributed by atoms with Gasteiger partial charge in [-0.25, -0.2) is 0 Å². The SMILES string of the molecule is CC(C)SSc1ccccc1Cl. The summed E-state index contributed by atoms with van der Waals surface area (Å²) in [6, 6.07) is 7.93. The minimum absolute atomic E-state index is 0.631. The molecule has 66 valence electrons. The fourth-order valence-electron chi connectivity index (χ4n) is 0.660. The van der Waals surface area contributed by atoms with Gasteiger partial charge in [0.1, 0.15) is 0 Å². The second-order valence-electron chi connectivity index (χ2n) is 2.66. The van der Waals surface area contributed by atoms with Crippen LogP contribution in [0.1, 0.15) is 13.8 Å². The first-order chi connectivity index (χ1) is 5.70. The highest BCUT2D eigenvalue weighted by Gasteiger charge is 2.01. The molecule has 1 aromatic carbocycles. The van der Waals surface area contributed by atoms with Crippen LogP contribution in [0.4, 0.5) is 0 Å². The van der Waals surface area contributed by atoms with Gasteiger partial charge in [0.2, 0.25) is 0 Å². The van der Waals surface area contributed by atoms with Crippen molar-refractivity contribution in [3.8, 4) is 0 Å². The van der Waals surface area contributed by atoms with Crippen molar-refractivity contribution in [1.82, 2.24) is 0 Å². The number of hydrogen-bond donors (Lipinski definition) is 0. The van der Waals surface area contributed by atoms with Crippen molar-refractivity contribution in [2.75, 3.05) is 0 Å². The molecule has 0 fully saturated rings. The summed E-state index contributed by atoms with van der Waals surface area (Å²) in [4.78, 5) is 1.15. The maximum atomic E-state index is 5.97. The Bertz CT molecular complexity index is 248. The number of hydrogen-bond acceptors (Lipinski definition) is 2. The Morgan fingerprint density at radius 1 is 1.25 bits per heavy atom. The van der Waals surface area contributed by atoms with Crippen molar-refractivity contribution < 1.29 is 0 Å². The zero-order valence-electron chi connectivity index (χ0n) is 7.08. The lowest BCUT2D eigenvalue weighted by molar-refractivity contribution is 1.12. The molecule has 0 aromatic heterocycles. The van der Waals surface area contributed by atoms with Crippen molar-refractivity contribution in [3.63, 3.8) is 0 Å². The lowest BCUT2D eigenvalue weighted by Gasteiger charge is -2.04. The van der Waals surface area contributed by atoms with Crippen molar-refractivity contribution in [2.45, 2.75) is 24.0 Å². The average molecular weight is 219 g/mol. The van der Waals surface area contributed by atoms with Gasteiger partial charge in [0.25, 0.3) is 0 Å². The molecule has 0 aliphatic rings. The Balaban J connectivity index is 2.57. The Labute approximate surface area is 86.5 Å². The molecule has 0 N–H and O–H groups in total. The largest absolute Gasteiger partial charge is 0.0860 e. The van der Waals surface area contributed by atoms with Crippen molar-refractivity contribution in [2.24, 2.45) is 0 Å². The molecule has 0 heterocycles. The minimum Gasteiger partial charge on any atom is -0.0860 e. The third-order valence-electron chi connectivity index (χ3n) is 1.17. The molecule has 0 amide bonds. The lowest BCUT2D eigenvalue weighted by Crippen LogP contribution is -1.80. The quantitative estimate of drug-likeness (QED) is 0.686. The molecule has 12 heavy (non-hydrogen) atoms. The van der Waals surface area contributed by atoms with Gasteiger partial charge in [-0.2, -0.15) is 0 Å². The minimum atomic E-state index is 0.631. The van der Waals surface area contributed by atoms with Gasteiger partial charge in [-0.3, -0.25) is 0 Å². The van der Waals surface area contributed by atoms with E-state index in [2.05, 4.69) is 13.8 Å². The van der Waals surface area contributed by atoms with Crippen LogP contribution in [-0.2, 0) is 0 Å². The first-order valence-corrected chi connectivity index (χ1v) is 6.37. The molecule has 0 radical (unpaired) electrons. The van der Waals surface area contributed by atoms with Gasteiger partial charge in [-0.05, 0) is 12.1 Å². The van der Waals surface area contributed by atoms with Gasteiger partial charge >= 0.3 is 0 Å². The summed E-state index contributed by atoms with van der Waals surface area (Å²) in [6.07, 6.45) is 0. The Morgan fingerprint density at radius 2 is 1.92 bits per heavy atom. The van der Waals surface area contributed by atoms with Crippen LogP contribution in [0.2, 0.25) is 5.02 Å². The van der Waals surface area contributed by atoms with Crippen molar-refractivity contribution in [1.29, 1.82) is 0 Å². The van der Waals surface area contributed by atoms with Crippen LogP contribution in [0.3, 0.4) is 0 Å². The topological polar surface area (TPSA) is 0 Å². The molecule has 0 saturated heterocycles. The molecular weight excluding hydrogens is 208 g/mol. The van der Waals surface area contributed by atoms with E-state index < -0.39 is 0 Å². The third-order valence-corrected chi connectivity index (χ3v) is 4.61. The Hall–Kier alpha value is 0.210. The zero-order valence-corrected chi connectivity index (χ0v) is 9.47. The van der Waals surface area contributed by atoms with E-state index in [1.165, 1.54) is 0 Å². The van der Waals surface area contributed by atoms with Crippen molar-refractivity contribution in [3.05, 3.63) is 29.3 Å². The van der Waals surface area contributed by atoms with Gasteiger partial charge in [0.05, 0.1) is 5.02 Å². The molecule has 1 rings (SSSR count). The van der Waals surface area contributed by atoms with E-state index in [0.717, 1.165) is 9.92 Å². The molecule has 1 aromatic rings. The van der Waals surface area contributed by atoms with Gasteiger partial charge in [0, 0.05) is 10.1 Å². The number of halogens is 1. The molecule has 0 atom stereocenters. The summed E-state index contributed by atoms with van der Waals surface area (Å²) in [5.41, 5.74) is 0. The van der Waals surface area contributed by atoms with E-state index in [0.29, 0.717) is 5.25 Å². The summed E-state index contributed by atoms with van der Waals surface area (Å²) in [7, 11) is 3.57. The van der Waals surface area contributed by atoms with Gasteiger partial charge in [-0.1, -0.05) is 59.2 Å². The standard InChI is InChI=1S/C9H11ClS2/c1-7(2)11-12-9-6-4-3-5-8(9)10/h3-7H,1-2H3. The highest BCUT2D eigenvalue weighted by atomic mass is 35.5. The molecule has 3 heteroatoms. The number of benzene rings is 1. The van der Waals surface area contributed by atoms with Crippen LogP contribution < -0.4 is 0 Å². The predicted octanol–water partition coefficient (Wildman–Crippen LogP) is 4.49. The fourth-order valence-corrected chi connectivity index (χ4v) is 2.95. The highest BCUT2D eigenvalue weighted by Crippen LogP contribution is 2.37. The van der Waals surface area contributed by atoms with Gasteiger partial charge in [0.15, 0.2) is 0 Å². The van der Waals surface area contributed by atoms with Gasteiger partial charge < -0.3 is 0 Å². The Morgan fingerprint density at radius 3 is 2.50 bits per heavy atom. The molecule has 0 unspecified atom stereocenters. The van der Waals surface area contributed by atoms with E-state index in [4.69, 9.17) is 11.6 Å². The van der Waals surface area contributed by atoms with E-state index in [1.54, 1.807) is 10.8 Å². The van der Waals surface area contributed by atoms with Crippen LogP contribution in [-0.4, -0.2) is 5.25 Å². The summed E-state index contributed by atoms with van der Waals surface area (Å²) in [6.45, 7) is 4.35. The highest BCUT2D eigenvalue weighted by molar-refractivity contribution is 8.77. The molecule has 0 saturated carbocycles. The average Bonchev–Trinajstić information content (AvgIpc) is 2.03. The summed E-state index contributed by atoms with van der Waals surface area (Å²) >= 11 is 5.97. The van der Waals surface area contributed by atoms with Crippen LogP contribution in [0.5, 0.6) is 0 Å².